The van der Waals surface area contributed by atoms with Crippen molar-refractivity contribution in [1.29, 1.82) is 0 Å². The molecule has 6 nitrogen and oxygen atoms in total. The second-order valence-electron chi connectivity index (χ2n) is 5.43. The molecule has 1 aliphatic rings. The van der Waals surface area contributed by atoms with Crippen molar-refractivity contribution in [3.63, 3.8) is 0 Å². The maximum atomic E-state index is 12.3. The average Bonchev–Trinajstić information content (AvgIpc) is 2.41. The summed E-state index contributed by atoms with van der Waals surface area (Å²) in [5.41, 5.74) is -0.447. The fraction of sp³-hybridized carbons (Fsp3) is 0.500. The van der Waals surface area contributed by atoms with E-state index >= 15 is 0 Å². The van der Waals surface area contributed by atoms with E-state index in [1.165, 1.54) is 19.2 Å². The molecular formula is C14H19NO5S. The third-order valence-corrected chi connectivity index (χ3v) is 5.33. The van der Waals surface area contributed by atoms with Crippen LogP contribution in [0, 0.1) is 5.41 Å². The standard InChI is InChI=1S/C14H19NO5S/c1-20-11-4-2-5-12(8-11)21(18,19)15-10-14(6-3-7-14)9-13(16)17/h2,4-5,8,15H,3,6-7,9-10H2,1H3,(H,16,17). The number of carboxylic acid groups (broad SMARTS) is 1. The van der Waals surface area contributed by atoms with Crippen LogP contribution in [0.25, 0.3) is 0 Å². The summed E-state index contributed by atoms with van der Waals surface area (Å²) < 4.78 is 32.1. The van der Waals surface area contributed by atoms with E-state index in [0.29, 0.717) is 5.75 Å². The van der Waals surface area contributed by atoms with E-state index in [0.717, 1.165) is 19.3 Å². The van der Waals surface area contributed by atoms with Crippen LogP contribution in [0.15, 0.2) is 29.2 Å². The van der Waals surface area contributed by atoms with Crippen molar-refractivity contribution in [3.05, 3.63) is 24.3 Å². The van der Waals surface area contributed by atoms with Crippen LogP contribution in [-0.2, 0) is 14.8 Å². The molecule has 2 rings (SSSR count). The zero-order chi connectivity index (χ0) is 15.5. The first-order valence-corrected chi connectivity index (χ1v) is 8.21. The Labute approximate surface area is 124 Å². The lowest BCUT2D eigenvalue weighted by molar-refractivity contribution is -0.141. The van der Waals surface area contributed by atoms with E-state index in [2.05, 4.69) is 4.72 Å². The van der Waals surface area contributed by atoms with Gasteiger partial charge in [0.2, 0.25) is 10.0 Å². The Kier molecular flexibility index (Phi) is 4.53. The van der Waals surface area contributed by atoms with Gasteiger partial charge in [0.25, 0.3) is 0 Å². The van der Waals surface area contributed by atoms with Gasteiger partial charge in [-0.05, 0) is 30.4 Å². The lowest BCUT2D eigenvalue weighted by atomic mass is 9.67. The molecule has 0 amide bonds. The Hall–Kier alpha value is -1.60. The quantitative estimate of drug-likeness (QED) is 0.798. The highest BCUT2D eigenvalue weighted by molar-refractivity contribution is 7.89. The fourth-order valence-electron chi connectivity index (χ4n) is 2.51. The van der Waals surface area contributed by atoms with Crippen LogP contribution in [0.1, 0.15) is 25.7 Å². The Morgan fingerprint density at radius 1 is 1.43 bits per heavy atom. The predicted octanol–water partition coefficient (Wildman–Crippen LogP) is 1.62. The normalized spacial score (nSPS) is 17.0. The van der Waals surface area contributed by atoms with Gasteiger partial charge in [-0.3, -0.25) is 4.79 Å². The van der Waals surface area contributed by atoms with E-state index in [-0.39, 0.29) is 17.9 Å². The molecule has 1 fully saturated rings. The second kappa shape index (κ2) is 6.03. The first kappa shape index (κ1) is 15.8. The van der Waals surface area contributed by atoms with Gasteiger partial charge in [-0.25, -0.2) is 13.1 Å². The highest BCUT2D eigenvalue weighted by atomic mass is 32.2. The van der Waals surface area contributed by atoms with Crippen molar-refractivity contribution in [3.8, 4) is 5.75 Å². The van der Waals surface area contributed by atoms with Gasteiger partial charge >= 0.3 is 5.97 Å². The number of sulfonamides is 1. The smallest absolute Gasteiger partial charge is 0.303 e. The Morgan fingerprint density at radius 2 is 2.14 bits per heavy atom. The summed E-state index contributed by atoms with van der Waals surface area (Å²) in [5.74, 6) is -0.433. The molecular weight excluding hydrogens is 294 g/mol. The van der Waals surface area contributed by atoms with Gasteiger partial charge in [-0.15, -0.1) is 0 Å². The summed E-state index contributed by atoms with van der Waals surface area (Å²) in [4.78, 5) is 11.0. The van der Waals surface area contributed by atoms with Gasteiger partial charge in [-0.2, -0.15) is 0 Å². The van der Waals surface area contributed by atoms with Crippen LogP contribution in [-0.4, -0.2) is 33.1 Å². The zero-order valence-corrected chi connectivity index (χ0v) is 12.6. The van der Waals surface area contributed by atoms with Gasteiger partial charge in [0, 0.05) is 12.6 Å². The number of ether oxygens (including phenoxy) is 1. The molecule has 0 atom stereocenters. The van der Waals surface area contributed by atoms with Gasteiger partial charge in [-0.1, -0.05) is 12.5 Å². The lowest BCUT2D eigenvalue weighted by Gasteiger charge is -2.40. The molecule has 0 radical (unpaired) electrons. The summed E-state index contributed by atoms with van der Waals surface area (Å²) in [7, 11) is -2.19. The number of carboxylic acids is 1. The summed E-state index contributed by atoms with van der Waals surface area (Å²) in [6.45, 7) is 0.152. The molecule has 0 saturated heterocycles. The number of hydrogen-bond donors (Lipinski definition) is 2. The van der Waals surface area contributed by atoms with Crippen molar-refractivity contribution < 1.29 is 23.1 Å². The maximum Gasteiger partial charge on any atom is 0.303 e. The molecule has 1 aromatic carbocycles. The number of benzene rings is 1. The van der Waals surface area contributed by atoms with Gasteiger partial charge in [0.1, 0.15) is 5.75 Å². The molecule has 1 saturated carbocycles. The Balaban J connectivity index is 2.08. The van der Waals surface area contributed by atoms with Gasteiger partial charge in [0.15, 0.2) is 0 Å². The largest absolute Gasteiger partial charge is 0.497 e. The SMILES string of the molecule is COc1cccc(S(=O)(=O)NCC2(CC(=O)O)CCC2)c1. The van der Waals surface area contributed by atoms with E-state index in [1.54, 1.807) is 12.1 Å². The van der Waals surface area contributed by atoms with Gasteiger partial charge in [0.05, 0.1) is 18.4 Å². The van der Waals surface area contributed by atoms with E-state index in [1.807, 2.05) is 0 Å². The van der Waals surface area contributed by atoms with E-state index in [9.17, 15) is 13.2 Å². The molecule has 116 valence electrons. The highest BCUT2D eigenvalue weighted by Crippen LogP contribution is 2.43. The molecule has 0 bridgehead atoms. The maximum absolute atomic E-state index is 12.3. The first-order chi connectivity index (χ1) is 9.87. The van der Waals surface area contributed by atoms with Crippen molar-refractivity contribution in [1.82, 2.24) is 4.72 Å². The summed E-state index contributed by atoms with van der Waals surface area (Å²) in [6.07, 6.45) is 2.40. The molecule has 0 unspecified atom stereocenters. The number of rotatable bonds is 7. The molecule has 0 spiro atoms. The molecule has 2 N–H and O–H groups in total. The minimum atomic E-state index is -3.66. The molecule has 1 aliphatic carbocycles. The van der Waals surface area contributed by atoms with Crippen LogP contribution in [0.3, 0.4) is 0 Å². The van der Waals surface area contributed by atoms with Crippen molar-refractivity contribution >= 4 is 16.0 Å². The third kappa shape index (κ3) is 3.74. The Morgan fingerprint density at radius 3 is 2.67 bits per heavy atom. The number of carbonyl (C=O) groups is 1. The minimum absolute atomic E-state index is 0.00632. The molecule has 0 aromatic heterocycles. The van der Waals surface area contributed by atoms with E-state index < -0.39 is 21.4 Å². The number of hydrogen-bond acceptors (Lipinski definition) is 4. The zero-order valence-electron chi connectivity index (χ0n) is 11.8. The van der Waals surface area contributed by atoms with Crippen LogP contribution in [0.5, 0.6) is 5.75 Å². The van der Waals surface area contributed by atoms with E-state index in [4.69, 9.17) is 9.84 Å². The average molecular weight is 313 g/mol. The summed E-state index contributed by atoms with van der Waals surface area (Å²) in [6, 6.07) is 6.18. The summed E-state index contributed by atoms with van der Waals surface area (Å²) >= 11 is 0. The highest BCUT2D eigenvalue weighted by Gasteiger charge is 2.39. The van der Waals surface area contributed by atoms with Crippen LogP contribution in [0.2, 0.25) is 0 Å². The van der Waals surface area contributed by atoms with Crippen LogP contribution >= 0.6 is 0 Å². The van der Waals surface area contributed by atoms with Crippen molar-refractivity contribution in [2.24, 2.45) is 5.41 Å². The lowest BCUT2D eigenvalue weighted by Crippen LogP contribution is -2.43. The van der Waals surface area contributed by atoms with Crippen molar-refractivity contribution in [2.75, 3.05) is 13.7 Å². The molecule has 7 heteroatoms. The fourth-order valence-corrected chi connectivity index (χ4v) is 3.71. The molecule has 1 aromatic rings. The second-order valence-corrected chi connectivity index (χ2v) is 7.19. The minimum Gasteiger partial charge on any atom is -0.497 e. The van der Waals surface area contributed by atoms with Crippen LogP contribution < -0.4 is 9.46 Å². The number of nitrogens with one attached hydrogen (secondary N) is 1. The molecule has 0 aliphatic heterocycles. The monoisotopic (exact) mass is 313 g/mol. The van der Waals surface area contributed by atoms with Gasteiger partial charge < -0.3 is 9.84 Å². The number of methoxy groups -OCH3 is 1. The predicted molar refractivity (Wildman–Crippen MR) is 76.7 cm³/mol. The van der Waals surface area contributed by atoms with Crippen LogP contribution in [0.4, 0.5) is 0 Å². The number of aliphatic carboxylic acids is 1. The third-order valence-electron chi connectivity index (χ3n) is 3.93. The van der Waals surface area contributed by atoms with Crippen molar-refractivity contribution in [2.45, 2.75) is 30.6 Å². The molecule has 0 heterocycles. The topological polar surface area (TPSA) is 92.7 Å². The first-order valence-electron chi connectivity index (χ1n) is 6.72. The summed E-state index contributed by atoms with van der Waals surface area (Å²) in [5, 5.41) is 8.94. The Bertz CT molecular complexity index is 622. The molecule has 21 heavy (non-hydrogen) atoms.